The van der Waals surface area contributed by atoms with Crippen molar-refractivity contribution in [3.05, 3.63) is 39.9 Å². The molecule has 0 radical (unpaired) electrons. The minimum atomic E-state index is 0.0649. The number of carbonyl (C=O) groups is 1. The molecule has 0 spiro atoms. The van der Waals surface area contributed by atoms with E-state index in [4.69, 9.17) is 4.74 Å². The molecule has 0 aromatic carbocycles. The first-order valence-corrected chi connectivity index (χ1v) is 9.06. The van der Waals surface area contributed by atoms with E-state index >= 15 is 0 Å². The van der Waals surface area contributed by atoms with Crippen molar-refractivity contribution in [3.8, 4) is 0 Å². The van der Waals surface area contributed by atoms with Gasteiger partial charge >= 0.3 is 0 Å². The average Bonchev–Trinajstić information content (AvgIpc) is 2.98. The first kappa shape index (κ1) is 17.0. The molecule has 2 aromatic heterocycles. The molecule has 2 aromatic rings. The van der Waals surface area contributed by atoms with E-state index in [2.05, 4.69) is 15.0 Å². The van der Waals surface area contributed by atoms with Crippen molar-refractivity contribution in [2.24, 2.45) is 0 Å². The monoisotopic (exact) mass is 346 g/mol. The second-order valence-corrected chi connectivity index (χ2v) is 7.12. The van der Waals surface area contributed by atoms with Crippen molar-refractivity contribution in [1.29, 1.82) is 0 Å². The number of aromatic nitrogens is 3. The van der Waals surface area contributed by atoms with Crippen molar-refractivity contribution >= 4 is 17.2 Å². The largest absolute Gasteiger partial charge is 0.375 e. The minimum Gasteiger partial charge on any atom is -0.375 e. The van der Waals surface area contributed by atoms with Gasteiger partial charge in [0.05, 0.1) is 29.8 Å². The number of amides is 1. The van der Waals surface area contributed by atoms with Crippen molar-refractivity contribution < 1.29 is 9.53 Å². The molecular formula is C17H22N4O2S. The summed E-state index contributed by atoms with van der Waals surface area (Å²) in [6.45, 7) is 5.81. The van der Waals surface area contributed by atoms with Crippen LogP contribution in [0, 0.1) is 13.8 Å². The highest BCUT2D eigenvalue weighted by atomic mass is 32.1. The van der Waals surface area contributed by atoms with Crippen molar-refractivity contribution in [3.63, 3.8) is 0 Å². The molecule has 0 aliphatic carbocycles. The normalized spacial score (nSPS) is 17.9. The van der Waals surface area contributed by atoms with Crippen molar-refractivity contribution in [1.82, 2.24) is 19.9 Å². The van der Waals surface area contributed by atoms with Gasteiger partial charge in [0.1, 0.15) is 6.33 Å². The summed E-state index contributed by atoms with van der Waals surface area (Å²) in [5, 5.41) is 2.96. The highest BCUT2D eigenvalue weighted by Crippen LogP contribution is 2.14. The zero-order chi connectivity index (χ0) is 16.9. The molecule has 1 amide bonds. The lowest BCUT2D eigenvalue weighted by Crippen LogP contribution is -2.46. The lowest BCUT2D eigenvalue weighted by Gasteiger charge is -2.33. The SMILES string of the molecule is Cc1cc(CC[C@H]2CN(C(=O)Cc3csc(C)n3)CCO2)ncn1. The van der Waals surface area contributed by atoms with Gasteiger partial charge in [0, 0.05) is 29.9 Å². The number of hydrogen-bond acceptors (Lipinski definition) is 6. The zero-order valence-corrected chi connectivity index (χ0v) is 14.9. The summed E-state index contributed by atoms with van der Waals surface area (Å²) < 4.78 is 5.81. The fourth-order valence-corrected chi connectivity index (χ4v) is 3.44. The fourth-order valence-electron chi connectivity index (χ4n) is 2.83. The quantitative estimate of drug-likeness (QED) is 0.828. The Labute approximate surface area is 145 Å². The second kappa shape index (κ2) is 7.81. The Bertz CT molecular complexity index is 703. The summed E-state index contributed by atoms with van der Waals surface area (Å²) in [5.41, 5.74) is 2.86. The molecule has 1 aliphatic heterocycles. The third-order valence-electron chi connectivity index (χ3n) is 4.07. The maximum absolute atomic E-state index is 12.5. The van der Waals surface area contributed by atoms with Crippen LogP contribution in [0.1, 0.15) is 28.5 Å². The molecule has 1 aliphatic rings. The van der Waals surface area contributed by atoms with Gasteiger partial charge in [0.2, 0.25) is 5.91 Å². The van der Waals surface area contributed by atoms with E-state index in [0.29, 0.717) is 26.1 Å². The van der Waals surface area contributed by atoms with Gasteiger partial charge in [-0.2, -0.15) is 0 Å². The van der Waals surface area contributed by atoms with Gasteiger partial charge in [-0.25, -0.2) is 15.0 Å². The summed E-state index contributed by atoms with van der Waals surface area (Å²) in [6.07, 6.45) is 3.73. The number of aryl methyl sites for hydroxylation is 3. The first-order chi connectivity index (χ1) is 11.6. The first-order valence-electron chi connectivity index (χ1n) is 8.18. The molecule has 128 valence electrons. The number of rotatable bonds is 5. The van der Waals surface area contributed by atoms with Crippen LogP contribution in [0.5, 0.6) is 0 Å². The van der Waals surface area contributed by atoms with E-state index in [9.17, 15) is 4.79 Å². The second-order valence-electron chi connectivity index (χ2n) is 6.06. The zero-order valence-electron chi connectivity index (χ0n) is 14.1. The fraction of sp³-hybridized carbons (Fsp3) is 0.529. The smallest absolute Gasteiger partial charge is 0.228 e. The summed E-state index contributed by atoms with van der Waals surface area (Å²) in [5.74, 6) is 0.131. The number of hydrogen-bond donors (Lipinski definition) is 0. The maximum Gasteiger partial charge on any atom is 0.228 e. The summed E-state index contributed by atoms with van der Waals surface area (Å²) in [6, 6.07) is 2.00. The van der Waals surface area contributed by atoms with E-state index in [1.165, 1.54) is 0 Å². The standard InChI is InChI=1S/C17H22N4O2S/c1-12-7-14(19-11-18-12)3-4-16-9-21(5-6-23-16)17(22)8-15-10-24-13(2)20-15/h7,10-11,16H,3-6,8-9H2,1-2H3/t16-/m0/s1. The van der Waals surface area contributed by atoms with Gasteiger partial charge in [0.15, 0.2) is 0 Å². The Kier molecular flexibility index (Phi) is 5.52. The van der Waals surface area contributed by atoms with Crippen LogP contribution in [0.2, 0.25) is 0 Å². The Morgan fingerprint density at radius 2 is 2.25 bits per heavy atom. The number of nitrogens with zero attached hydrogens (tertiary/aromatic N) is 4. The number of morpholine rings is 1. The van der Waals surface area contributed by atoms with Crippen LogP contribution in [0.15, 0.2) is 17.8 Å². The van der Waals surface area contributed by atoms with Crippen LogP contribution in [-0.4, -0.2) is 51.6 Å². The predicted octanol–water partition coefficient (Wildman–Crippen LogP) is 1.95. The van der Waals surface area contributed by atoms with Gasteiger partial charge < -0.3 is 9.64 Å². The Morgan fingerprint density at radius 3 is 3.00 bits per heavy atom. The van der Waals surface area contributed by atoms with E-state index in [-0.39, 0.29) is 12.0 Å². The number of carbonyl (C=O) groups excluding carboxylic acids is 1. The Morgan fingerprint density at radius 1 is 1.38 bits per heavy atom. The van der Waals surface area contributed by atoms with Crippen LogP contribution in [-0.2, 0) is 22.4 Å². The molecule has 1 atom stereocenters. The van der Waals surface area contributed by atoms with Gasteiger partial charge in [0.25, 0.3) is 0 Å². The van der Waals surface area contributed by atoms with Crippen molar-refractivity contribution in [2.75, 3.05) is 19.7 Å². The van der Waals surface area contributed by atoms with Gasteiger partial charge in [-0.1, -0.05) is 0 Å². The summed E-state index contributed by atoms with van der Waals surface area (Å²) in [7, 11) is 0. The molecule has 1 saturated heterocycles. The van der Waals surface area contributed by atoms with E-state index < -0.39 is 0 Å². The topological polar surface area (TPSA) is 68.2 Å². The van der Waals surface area contributed by atoms with E-state index in [1.807, 2.05) is 30.2 Å². The highest BCUT2D eigenvalue weighted by molar-refractivity contribution is 7.09. The molecule has 3 heterocycles. The van der Waals surface area contributed by atoms with E-state index in [1.54, 1.807) is 17.7 Å². The summed E-state index contributed by atoms with van der Waals surface area (Å²) >= 11 is 1.58. The number of ether oxygens (including phenoxy) is 1. The third-order valence-corrected chi connectivity index (χ3v) is 4.90. The maximum atomic E-state index is 12.5. The summed E-state index contributed by atoms with van der Waals surface area (Å²) in [4.78, 5) is 27.1. The van der Waals surface area contributed by atoms with Crippen LogP contribution >= 0.6 is 11.3 Å². The third kappa shape index (κ3) is 4.58. The molecule has 7 heteroatoms. The van der Waals surface area contributed by atoms with Crippen molar-refractivity contribution in [2.45, 2.75) is 39.2 Å². The molecule has 0 unspecified atom stereocenters. The van der Waals surface area contributed by atoms with Crippen LogP contribution in [0.25, 0.3) is 0 Å². The van der Waals surface area contributed by atoms with Crippen LogP contribution in [0.4, 0.5) is 0 Å². The lowest BCUT2D eigenvalue weighted by atomic mass is 10.1. The van der Waals surface area contributed by atoms with Gasteiger partial charge in [-0.15, -0.1) is 11.3 Å². The van der Waals surface area contributed by atoms with Gasteiger partial charge in [-0.3, -0.25) is 4.79 Å². The molecular weight excluding hydrogens is 324 g/mol. The molecule has 1 fully saturated rings. The Balaban J connectivity index is 1.51. The van der Waals surface area contributed by atoms with Crippen LogP contribution in [0.3, 0.4) is 0 Å². The molecule has 24 heavy (non-hydrogen) atoms. The molecule has 3 rings (SSSR count). The molecule has 0 bridgehead atoms. The highest BCUT2D eigenvalue weighted by Gasteiger charge is 2.24. The molecule has 0 N–H and O–H groups in total. The van der Waals surface area contributed by atoms with Crippen LogP contribution < -0.4 is 0 Å². The molecule has 6 nitrogen and oxygen atoms in total. The number of thiazole rings is 1. The average molecular weight is 346 g/mol. The predicted molar refractivity (Wildman–Crippen MR) is 92.0 cm³/mol. The Hall–Kier alpha value is -1.86. The van der Waals surface area contributed by atoms with Gasteiger partial charge in [-0.05, 0) is 32.8 Å². The lowest BCUT2D eigenvalue weighted by molar-refractivity contribution is -0.138. The van der Waals surface area contributed by atoms with E-state index in [0.717, 1.165) is 34.9 Å². The molecule has 0 saturated carbocycles. The minimum absolute atomic E-state index is 0.0649.